The molecule has 28 atom stereocenters. The molecule has 5 aliphatic heterocycles. The van der Waals surface area contributed by atoms with Gasteiger partial charge in [-0.05, 0) is 32.1 Å². The average Bonchev–Trinajstić information content (AvgIpc) is 0.750. The van der Waals surface area contributed by atoms with Gasteiger partial charge in [-0.1, -0.05) is 167 Å². The SMILES string of the molecule is CCCCCCCCC/C=C/CC/C=C/[C@@H](O)[C@H](CO[C@@H]1O[C@H](CO)[C@@H](O[C@@H]2O[C@H](CO)[C@H](O[C@@H]3O[C@H](CO)[C@H](O)[C@H](O[C@@H]4O[C@H](CO)[C@H](O)[C@H](O)[C@H]4O)[C@H]3NC(C)=O)[C@H](O[C@]3(C(=O)O)C[C@H](O)C(NC(C)=O)C([C@H](O)[C@H](O)CO)O3)[C@H]2O)[C@H](O)[C@H]1O)NC(=O)CCCCCCCCCCCCCCCCC. The maximum absolute atomic E-state index is 13.8. The number of carbonyl (C=O) groups excluding carboxylic acids is 3. The number of carboxylic acid groups (broad SMARTS) is 1. The number of nitrogens with one attached hydrogen (secondary N) is 3. The van der Waals surface area contributed by atoms with Gasteiger partial charge in [0.25, 0.3) is 5.79 Å². The second-order valence-electron chi connectivity index (χ2n) is 28.9. The summed E-state index contributed by atoms with van der Waals surface area (Å²) in [4.78, 5) is 53.0. The number of aliphatic carboxylic acids is 1. The predicted octanol–water partition coefficient (Wildman–Crippen LogP) is -1.27. The fourth-order valence-corrected chi connectivity index (χ4v) is 14.0. The van der Waals surface area contributed by atoms with Gasteiger partial charge in [-0.2, -0.15) is 0 Å². The molecular weight excluding hydrogens is 1410 g/mol. The minimum absolute atomic E-state index is 0.126. The molecule has 0 bridgehead atoms. The first kappa shape index (κ1) is 93.9. The molecule has 0 radical (unpaired) electrons. The minimum atomic E-state index is -3.38. The number of aliphatic hydroxyl groups is 16. The van der Waals surface area contributed by atoms with Crippen LogP contribution in [0.25, 0.3) is 0 Å². The van der Waals surface area contributed by atoms with Gasteiger partial charge in [0.15, 0.2) is 25.2 Å². The number of carboxylic acids is 1. The predicted molar refractivity (Wildman–Crippen MR) is 378 cm³/mol. The molecule has 0 aromatic carbocycles. The van der Waals surface area contributed by atoms with Crippen LogP contribution in [-0.4, -0.2) is 321 Å². The third-order valence-electron chi connectivity index (χ3n) is 20.3. The van der Waals surface area contributed by atoms with E-state index in [0.717, 1.165) is 65.2 Å². The Morgan fingerprint density at radius 1 is 0.486 bits per heavy atom. The molecule has 107 heavy (non-hydrogen) atoms. The molecule has 0 aromatic rings. The van der Waals surface area contributed by atoms with Crippen molar-refractivity contribution in [1.82, 2.24) is 16.0 Å². The summed E-state index contributed by atoms with van der Waals surface area (Å²) >= 11 is 0. The molecular formula is C73H129N3O31. The van der Waals surface area contributed by atoms with Gasteiger partial charge in [-0.3, -0.25) is 14.4 Å². The Balaban J connectivity index is 1.40. The molecule has 0 spiro atoms. The van der Waals surface area contributed by atoms with Crippen LogP contribution in [0.5, 0.6) is 0 Å². The summed E-state index contributed by atoms with van der Waals surface area (Å²) in [6, 6.07) is -4.83. The van der Waals surface area contributed by atoms with Gasteiger partial charge in [0.1, 0.15) is 116 Å². The van der Waals surface area contributed by atoms with Crippen LogP contribution in [0.2, 0.25) is 0 Å². The molecule has 5 fully saturated rings. The normalized spacial score (nSPS) is 34.7. The highest BCUT2D eigenvalue weighted by molar-refractivity contribution is 5.77. The van der Waals surface area contributed by atoms with Crippen molar-refractivity contribution >= 4 is 23.7 Å². The van der Waals surface area contributed by atoms with Crippen molar-refractivity contribution in [3.8, 4) is 0 Å². The molecule has 5 aliphatic rings. The van der Waals surface area contributed by atoms with Crippen molar-refractivity contribution in [2.75, 3.05) is 39.6 Å². The van der Waals surface area contributed by atoms with Crippen molar-refractivity contribution in [3.63, 3.8) is 0 Å². The molecule has 3 amide bonds. The largest absolute Gasteiger partial charge is 0.477 e. The number of unbranched alkanes of at least 4 members (excludes halogenated alkanes) is 22. The van der Waals surface area contributed by atoms with Gasteiger partial charge in [-0.25, -0.2) is 4.79 Å². The fraction of sp³-hybridized carbons (Fsp3) is 0.890. The molecule has 0 aliphatic carbocycles. The summed E-state index contributed by atoms with van der Waals surface area (Å²) in [5.74, 6) is -7.73. The van der Waals surface area contributed by atoms with Crippen LogP contribution in [0.4, 0.5) is 0 Å². The van der Waals surface area contributed by atoms with E-state index >= 15 is 0 Å². The summed E-state index contributed by atoms with van der Waals surface area (Å²) in [6.07, 6.45) is -15.5. The number of hydrogen-bond acceptors (Lipinski definition) is 30. The number of ether oxygens (including phenoxy) is 10. The number of allylic oxidation sites excluding steroid dienone is 3. The summed E-state index contributed by atoms with van der Waals surface area (Å²) in [5, 5.41) is 197. The van der Waals surface area contributed by atoms with E-state index in [2.05, 4.69) is 41.9 Å². The van der Waals surface area contributed by atoms with Crippen LogP contribution in [-0.2, 0) is 66.5 Å². The van der Waals surface area contributed by atoms with Crippen LogP contribution >= 0.6 is 0 Å². The number of rotatable bonds is 51. The van der Waals surface area contributed by atoms with Crippen molar-refractivity contribution < 1.29 is 153 Å². The first-order valence-corrected chi connectivity index (χ1v) is 38.7. The summed E-state index contributed by atoms with van der Waals surface area (Å²) in [6.45, 7) is 0.276. The van der Waals surface area contributed by atoms with Crippen LogP contribution in [0.1, 0.15) is 201 Å². The van der Waals surface area contributed by atoms with E-state index in [0.29, 0.717) is 19.3 Å². The van der Waals surface area contributed by atoms with Crippen LogP contribution in [0.3, 0.4) is 0 Å². The zero-order valence-corrected chi connectivity index (χ0v) is 62.6. The second-order valence-corrected chi connectivity index (χ2v) is 28.9. The molecule has 622 valence electrons. The fourth-order valence-electron chi connectivity index (χ4n) is 14.0. The standard InChI is InChI=1S/C73H129N3O31/c1-5-7-9-11-13-15-17-19-20-22-24-26-28-30-32-34-52(87)76-44(45(84)33-31-29-27-25-23-21-18-16-14-12-10-8-6-2)41-98-69-61(94)59(92)63(50(39-80)101-69)103-71-62(95)67(107-73(72(96)97)35-46(85)53(74-42(3)82)66(106-73)55(88)47(86)36-77)64(51(40-81)102-71)104-68-54(75-43(4)83)65(57(90)49(38-79)99-68)105-70-60(93)58(91)56(89)48(37-78)100-70/h23,25,31,33,44-51,53-71,77-81,84-86,88-95H,5-22,24,26-30,32,34-41H2,1-4H3,(H,74,82)(H,75,83)(H,76,87)(H,96,97)/b25-23+,33-31+/t44-,45+,46-,47+,48+,49+,50+,51+,53?,54+,55+,56-,57-,58-,59+,60+,61+,62+,63+,64-,65+,66?,67+,68-,69+,70-,71-,73-/m0/s1. The van der Waals surface area contributed by atoms with Gasteiger partial charge < -0.3 is 150 Å². The molecule has 2 unspecified atom stereocenters. The van der Waals surface area contributed by atoms with E-state index in [4.69, 9.17) is 47.4 Å². The first-order valence-electron chi connectivity index (χ1n) is 38.7. The van der Waals surface area contributed by atoms with Gasteiger partial charge in [-0.15, -0.1) is 0 Å². The van der Waals surface area contributed by atoms with Gasteiger partial charge >= 0.3 is 5.97 Å². The second kappa shape index (κ2) is 49.7. The summed E-state index contributed by atoms with van der Waals surface area (Å²) in [7, 11) is 0. The van der Waals surface area contributed by atoms with E-state index in [9.17, 15) is 106 Å². The topological polar surface area (TPSA) is 541 Å². The van der Waals surface area contributed by atoms with Crippen LogP contribution in [0.15, 0.2) is 24.3 Å². The van der Waals surface area contributed by atoms with E-state index in [1.54, 1.807) is 6.08 Å². The van der Waals surface area contributed by atoms with Crippen LogP contribution < -0.4 is 16.0 Å². The number of amides is 3. The summed E-state index contributed by atoms with van der Waals surface area (Å²) < 4.78 is 60.0. The molecule has 0 saturated carbocycles. The summed E-state index contributed by atoms with van der Waals surface area (Å²) in [5.41, 5.74) is 0. The van der Waals surface area contributed by atoms with Crippen molar-refractivity contribution in [3.05, 3.63) is 24.3 Å². The van der Waals surface area contributed by atoms with E-state index in [-0.39, 0.29) is 6.42 Å². The van der Waals surface area contributed by atoms with Crippen molar-refractivity contribution in [2.45, 2.75) is 372 Å². The molecule has 5 saturated heterocycles. The Kier molecular flexibility index (Phi) is 43.7. The Morgan fingerprint density at radius 3 is 1.50 bits per heavy atom. The van der Waals surface area contributed by atoms with Gasteiger partial charge in [0, 0.05) is 26.7 Å². The Morgan fingerprint density at radius 2 is 0.944 bits per heavy atom. The number of carbonyl (C=O) groups is 4. The lowest BCUT2D eigenvalue weighted by molar-refractivity contribution is -0.403. The Bertz CT molecular complexity index is 2550. The highest BCUT2D eigenvalue weighted by Gasteiger charge is 2.62. The maximum Gasteiger partial charge on any atom is 0.364 e. The lowest BCUT2D eigenvalue weighted by Crippen LogP contribution is -2.72. The van der Waals surface area contributed by atoms with Crippen molar-refractivity contribution in [2.24, 2.45) is 0 Å². The van der Waals surface area contributed by atoms with Gasteiger partial charge in [0.05, 0.1) is 63.9 Å². The number of hydrogen-bond donors (Lipinski definition) is 20. The van der Waals surface area contributed by atoms with Crippen LogP contribution in [0, 0.1) is 0 Å². The lowest BCUT2D eigenvalue weighted by Gasteiger charge is -2.52. The molecule has 5 heterocycles. The average molecular weight is 1540 g/mol. The monoisotopic (exact) mass is 1540 g/mol. The third-order valence-corrected chi connectivity index (χ3v) is 20.3. The number of aliphatic hydroxyl groups excluding tert-OH is 16. The molecule has 0 aromatic heterocycles. The van der Waals surface area contributed by atoms with E-state index < -0.39 is 241 Å². The van der Waals surface area contributed by atoms with E-state index in [1.807, 2.05) is 0 Å². The first-order chi connectivity index (χ1) is 51.3. The smallest absolute Gasteiger partial charge is 0.364 e. The highest BCUT2D eigenvalue weighted by Crippen LogP contribution is 2.41. The Hall–Kier alpha value is -3.68. The van der Waals surface area contributed by atoms with E-state index in [1.165, 1.54) is 96.0 Å². The molecule has 34 nitrogen and oxygen atoms in total. The zero-order chi connectivity index (χ0) is 78.8. The lowest BCUT2D eigenvalue weighted by atomic mass is 9.88. The quantitative estimate of drug-likeness (QED) is 0.0249. The Labute approximate surface area is 627 Å². The molecule has 20 N–H and O–H groups in total. The molecule has 34 heteroatoms. The van der Waals surface area contributed by atoms with Crippen molar-refractivity contribution in [1.29, 1.82) is 0 Å². The third kappa shape index (κ3) is 29.0. The van der Waals surface area contributed by atoms with Gasteiger partial charge in [0.2, 0.25) is 17.7 Å². The highest BCUT2D eigenvalue weighted by atomic mass is 16.8. The minimum Gasteiger partial charge on any atom is -0.477 e. The molecule has 5 rings (SSSR count). The maximum atomic E-state index is 13.8. The zero-order valence-electron chi connectivity index (χ0n) is 62.6.